The minimum absolute atomic E-state index is 0.116. The first-order chi connectivity index (χ1) is 27.8. The van der Waals surface area contributed by atoms with Crippen LogP contribution in [0.2, 0.25) is 0 Å². The quantitative estimate of drug-likeness (QED) is 0.213. The van der Waals surface area contributed by atoms with Crippen molar-refractivity contribution in [1.82, 2.24) is 0 Å². The van der Waals surface area contributed by atoms with E-state index in [4.69, 9.17) is 42.6 Å². The number of aliphatic hydroxyl groups is 2. The maximum atomic E-state index is 14.5. The van der Waals surface area contributed by atoms with Gasteiger partial charge in [-0.1, -0.05) is 39.0 Å². The van der Waals surface area contributed by atoms with E-state index in [1.807, 2.05) is 0 Å². The average Bonchev–Trinajstić information content (AvgIpc) is 3.93. The summed E-state index contributed by atoms with van der Waals surface area (Å²) >= 11 is 0. The van der Waals surface area contributed by atoms with Crippen molar-refractivity contribution in [2.75, 3.05) is 0 Å². The van der Waals surface area contributed by atoms with Gasteiger partial charge in [0.15, 0.2) is 41.7 Å². The minimum Gasteiger partial charge on any atom is -0.459 e. The zero-order chi connectivity index (χ0) is 44.9. The largest absolute Gasteiger partial charge is 0.459 e. The van der Waals surface area contributed by atoms with Gasteiger partial charge in [0.25, 0.3) is 0 Å². The molecule has 5 rings (SSSR count). The van der Waals surface area contributed by atoms with E-state index in [1.54, 1.807) is 19.9 Å². The van der Waals surface area contributed by atoms with E-state index in [0.717, 1.165) is 48.5 Å². The number of esters is 8. The monoisotopic (exact) mass is 848 g/mol. The van der Waals surface area contributed by atoms with Crippen molar-refractivity contribution in [3.63, 3.8) is 0 Å². The van der Waals surface area contributed by atoms with Crippen LogP contribution < -0.4 is 0 Å². The molecule has 2 bridgehead atoms. The number of carbonyl (C=O) groups excluding carboxylic acids is 8. The summed E-state index contributed by atoms with van der Waals surface area (Å²) in [6, 6.07) is 7.29. The van der Waals surface area contributed by atoms with E-state index in [0.29, 0.717) is 0 Å². The fraction of sp³-hybridized carbons (Fsp3) is 0.659. The van der Waals surface area contributed by atoms with Crippen LogP contribution in [0, 0.1) is 17.3 Å². The number of hydrogen-bond acceptors (Lipinski definition) is 19. The number of fused-ring (bicyclic) bond motifs is 2. The predicted octanol–water partition coefficient (Wildman–Crippen LogP) is 1.43. The summed E-state index contributed by atoms with van der Waals surface area (Å²) in [6.45, 7) is 11.6. The zero-order valence-corrected chi connectivity index (χ0v) is 35.0. The van der Waals surface area contributed by atoms with Gasteiger partial charge in [-0.15, -0.1) is 0 Å². The molecule has 19 heteroatoms. The van der Waals surface area contributed by atoms with E-state index in [9.17, 15) is 48.6 Å². The van der Waals surface area contributed by atoms with Gasteiger partial charge in [-0.05, 0) is 19.1 Å². The maximum absolute atomic E-state index is 14.5. The Hall–Kier alpha value is -5.14. The van der Waals surface area contributed by atoms with Crippen LogP contribution in [0.4, 0.5) is 0 Å². The molecule has 19 nitrogen and oxygen atoms in total. The van der Waals surface area contributed by atoms with Gasteiger partial charge in [0.05, 0.1) is 23.7 Å². The molecular formula is C41H52O19. The Morgan fingerprint density at radius 2 is 1.20 bits per heavy atom. The standard InChI is InChI=1S/C41H52O19/c1-18-28-33(58-28)38(8,9)34(54-21(4)44)29(52-19(2)42)35(55-22(5)45)40(60-24(7)47)17-16-26(48)57-31-27(32(40)59-36(49)25-14-12-11-13-15-25)41(51,30(18)53-20(3)43)37(39(31,10)50)56-23(6)46/h11-15,18,27-35,37,50-51H,16-17H2,1-10H3/t18-,27-,28-,29+,30+,31+,32+,33+,34?,35-,37+,39+,40+,41-/m1/s1. The highest BCUT2D eigenvalue weighted by Gasteiger charge is 2.80. The van der Waals surface area contributed by atoms with Gasteiger partial charge in [0, 0.05) is 65.7 Å². The van der Waals surface area contributed by atoms with E-state index in [1.165, 1.54) is 31.2 Å². The van der Waals surface area contributed by atoms with E-state index < -0.39 is 150 Å². The van der Waals surface area contributed by atoms with Gasteiger partial charge >= 0.3 is 47.8 Å². The number of hydrogen-bond donors (Lipinski definition) is 2. The molecular weight excluding hydrogens is 796 g/mol. The zero-order valence-electron chi connectivity index (χ0n) is 35.0. The molecule has 2 saturated heterocycles. The van der Waals surface area contributed by atoms with Crippen LogP contribution in [0.1, 0.15) is 92.4 Å². The number of benzene rings is 1. The van der Waals surface area contributed by atoms with Crippen LogP contribution in [0.15, 0.2) is 30.3 Å². The van der Waals surface area contributed by atoms with Gasteiger partial charge in [0.2, 0.25) is 0 Å². The number of carbonyl (C=O) groups is 8. The molecule has 1 aromatic carbocycles. The van der Waals surface area contributed by atoms with E-state index >= 15 is 0 Å². The molecule has 1 unspecified atom stereocenters. The van der Waals surface area contributed by atoms with Crippen LogP contribution in [0.25, 0.3) is 0 Å². The Kier molecular flexibility index (Phi) is 12.8. The molecule has 330 valence electrons. The Morgan fingerprint density at radius 1 is 0.667 bits per heavy atom. The fourth-order valence-electron chi connectivity index (χ4n) is 9.50. The third kappa shape index (κ3) is 8.43. The molecule has 2 aliphatic carbocycles. The summed E-state index contributed by atoms with van der Waals surface area (Å²) in [5.41, 5.74) is -10.0. The summed E-state index contributed by atoms with van der Waals surface area (Å²) in [5, 5.41) is 26.3. The van der Waals surface area contributed by atoms with E-state index in [-0.39, 0.29) is 5.56 Å². The van der Waals surface area contributed by atoms with Gasteiger partial charge in [-0.25, -0.2) is 4.79 Å². The normalized spacial score (nSPS) is 37.9. The molecule has 2 heterocycles. The van der Waals surface area contributed by atoms with Gasteiger partial charge < -0.3 is 52.8 Å². The highest BCUT2D eigenvalue weighted by molar-refractivity contribution is 5.89. The van der Waals surface area contributed by atoms with Crippen molar-refractivity contribution in [2.45, 2.75) is 154 Å². The highest BCUT2D eigenvalue weighted by atomic mass is 16.7. The lowest BCUT2D eigenvalue weighted by Gasteiger charge is -2.53. The van der Waals surface area contributed by atoms with Crippen LogP contribution in [-0.4, -0.2) is 130 Å². The molecule has 0 radical (unpaired) electrons. The second kappa shape index (κ2) is 16.7. The van der Waals surface area contributed by atoms with Crippen LogP contribution >= 0.6 is 0 Å². The Bertz CT molecular complexity index is 1890. The Balaban J connectivity index is 2.04. The smallest absolute Gasteiger partial charge is 0.338 e. The van der Waals surface area contributed by atoms with Crippen LogP contribution in [-0.2, 0) is 76.2 Å². The third-order valence-corrected chi connectivity index (χ3v) is 11.7. The van der Waals surface area contributed by atoms with Crippen molar-refractivity contribution in [3.8, 4) is 0 Å². The average molecular weight is 849 g/mol. The first-order valence-electron chi connectivity index (χ1n) is 19.4. The van der Waals surface area contributed by atoms with Gasteiger partial charge in [0.1, 0.15) is 17.8 Å². The Morgan fingerprint density at radius 3 is 1.73 bits per heavy atom. The van der Waals surface area contributed by atoms with Crippen LogP contribution in [0.3, 0.4) is 0 Å². The molecule has 0 amide bonds. The van der Waals surface area contributed by atoms with Crippen molar-refractivity contribution in [2.24, 2.45) is 17.3 Å². The molecule has 4 aliphatic rings. The number of ether oxygens (including phenoxy) is 9. The second-order valence-corrected chi connectivity index (χ2v) is 16.6. The molecule has 60 heavy (non-hydrogen) atoms. The molecule has 0 aromatic heterocycles. The highest BCUT2D eigenvalue weighted by Crippen LogP contribution is 2.59. The lowest BCUT2D eigenvalue weighted by Crippen LogP contribution is -2.72. The third-order valence-electron chi connectivity index (χ3n) is 11.7. The SMILES string of the molecule is CC(=O)OC1[C@H](OC(C)=O)[C@@H](OC(C)=O)[C@]2(OC(C)=O)CCC(=O)O[C@H]3[C@H]([C@@H]2OC(=O)c2ccccc2)[C@@](O)([C@@H](OC(C)=O)[C@H](C)[C@H]2O[C@@H]2C1(C)C)[C@@H](OC(C)=O)[C@@]3(C)O. The molecule has 0 spiro atoms. The maximum Gasteiger partial charge on any atom is 0.338 e. The molecule has 2 N–H and O–H groups in total. The van der Waals surface area contributed by atoms with Gasteiger partial charge in [-0.2, -0.15) is 0 Å². The fourth-order valence-corrected chi connectivity index (χ4v) is 9.50. The summed E-state index contributed by atoms with van der Waals surface area (Å²) in [4.78, 5) is 108. The van der Waals surface area contributed by atoms with Crippen molar-refractivity contribution in [3.05, 3.63) is 35.9 Å². The number of epoxide rings is 1. The number of rotatable bonds is 8. The molecule has 4 fully saturated rings. The first kappa shape index (κ1) is 45.9. The van der Waals surface area contributed by atoms with Gasteiger partial charge in [-0.3, -0.25) is 33.6 Å². The first-order valence-corrected chi connectivity index (χ1v) is 19.4. The van der Waals surface area contributed by atoms with Crippen molar-refractivity contribution in [1.29, 1.82) is 0 Å². The molecule has 14 atom stereocenters. The lowest BCUT2D eigenvalue weighted by molar-refractivity contribution is -0.274. The topological polar surface area (TPSA) is 263 Å². The summed E-state index contributed by atoms with van der Waals surface area (Å²) in [5.74, 6) is -11.9. The van der Waals surface area contributed by atoms with Crippen molar-refractivity contribution >= 4 is 47.8 Å². The van der Waals surface area contributed by atoms with Crippen molar-refractivity contribution < 1.29 is 91.2 Å². The minimum atomic E-state index is -3.00. The molecule has 2 aliphatic heterocycles. The second-order valence-electron chi connectivity index (χ2n) is 16.6. The Labute approximate surface area is 345 Å². The summed E-state index contributed by atoms with van der Waals surface area (Å²) in [6.07, 6.45) is -17.9. The van der Waals surface area contributed by atoms with Crippen LogP contribution in [0.5, 0.6) is 0 Å². The van der Waals surface area contributed by atoms with E-state index in [2.05, 4.69) is 0 Å². The molecule has 1 aromatic rings. The lowest BCUT2D eigenvalue weighted by atomic mass is 9.64. The summed E-state index contributed by atoms with van der Waals surface area (Å²) < 4.78 is 54.1. The molecule has 2 saturated carbocycles. The summed E-state index contributed by atoms with van der Waals surface area (Å²) in [7, 11) is 0. The predicted molar refractivity (Wildman–Crippen MR) is 198 cm³/mol.